The van der Waals surface area contributed by atoms with Crippen LogP contribution in [0, 0.1) is 5.82 Å². The van der Waals surface area contributed by atoms with Crippen LogP contribution in [0.4, 0.5) is 10.2 Å². The average Bonchev–Trinajstić information content (AvgIpc) is 2.39. The maximum atomic E-state index is 12.9. The Morgan fingerprint density at radius 1 is 1.17 bits per heavy atom. The van der Waals surface area contributed by atoms with Gasteiger partial charge in [0.05, 0.1) is 0 Å². The SMILES string of the molecule is CC(C)c1cc(NN)nc(-c2ccc(F)cc2)n1. The van der Waals surface area contributed by atoms with Gasteiger partial charge in [0.2, 0.25) is 0 Å². The van der Waals surface area contributed by atoms with Crippen molar-refractivity contribution in [3.8, 4) is 11.4 Å². The molecular weight excluding hydrogens is 231 g/mol. The molecule has 1 aromatic carbocycles. The Balaban J connectivity index is 2.49. The van der Waals surface area contributed by atoms with Crippen LogP contribution in [-0.4, -0.2) is 9.97 Å². The van der Waals surface area contributed by atoms with Crippen molar-refractivity contribution in [3.63, 3.8) is 0 Å². The Hall–Kier alpha value is -2.01. The highest BCUT2D eigenvalue weighted by molar-refractivity contribution is 5.57. The lowest BCUT2D eigenvalue weighted by molar-refractivity contribution is 0.628. The van der Waals surface area contributed by atoms with E-state index in [1.54, 1.807) is 18.2 Å². The van der Waals surface area contributed by atoms with Gasteiger partial charge in [0, 0.05) is 17.3 Å². The number of nitrogens with zero attached hydrogens (tertiary/aromatic N) is 2. The Morgan fingerprint density at radius 2 is 1.83 bits per heavy atom. The second-order valence-corrected chi connectivity index (χ2v) is 4.31. The minimum absolute atomic E-state index is 0.263. The maximum absolute atomic E-state index is 12.9. The van der Waals surface area contributed by atoms with Gasteiger partial charge in [-0.25, -0.2) is 20.2 Å². The topological polar surface area (TPSA) is 63.8 Å². The van der Waals surface area contributed by atoms with Gasteiger partial charge in [-0.1, -0.05) is 13.8 Å². The molecule has 1 heterocycles. The Morgan fingerprint density at radius 3 is 2.39 bits per heavy atom. The van der Waals surface area contributed by atoms with E-state index in [1.807, 2.05) is 13.8 Å². The van der Waals surface area contributed by atoms with Crippen LogP contribution < -0.4 is 11.3 Å². The zero-order chi connectivity index (χ0) is 13.1. The van der Waals surface area contributed by atoms with E-state index in [2.05, 4.69) is 15.4 Å². The molecule has 3 N–H and O–H groups in total. The van der Waals surface area contributed by atoms with Crippen LogP contribution in [0.3, 0.4) is 0 Å². The molecule has 0 aliphatic rings. The molecule has 0 spiro atoms. The summed E-state index contributed by atoms with van der Waals surface area (Å²) in [4.78, 5) is 8.72. The van der Waals surface area contributed by atoms with E-state index in [9.17, 15) is 4.39 Å². The summed E-state index contributed by atoms with van der Waals surface area (Å²) in [5, 5.41) is 0. The van der Waals surface area contributed by atoms with Crippen LogP contribution in [0.1, 0.15) is 25.5 Å². The molecule has 1 aromatic heterocycles. The van der Waals surface area contributed by atoms with E-state index in [-0.39, 0.29) is 11.7 Å². The highest BCUT2D eigenvalue weighted by atomic mass is 19.1. The number of nitrogens with two attached hydrogens (primary N) is 1. The molecule has 2 rings (SSSR count). The lowest BCUT2D eigenvalue weighted by atomic mass is 10.1. The zero-order valence-corrected chi connectivity index (χ0v) is 10.3. The smallest absolute Gasteiger partial charge is 0.161 e. The molecule has 0 aliphatic heterocycles. The lowest BCUT2D eigenvalue weighted by Crippen LogP contribution is -2.11. The van der Waals surface area contributed by atoms with Crippen LogP contribution in [0.25, 0.3) is 11.4 Å². The van der Waals surface area contributed by atoms with Gasteiger partial charge < -0.3 is 5.43 Å². The van der Waals surface area contributed by atoms with Crippen LogP contribution in [0.2, 0.25) is 0 Å². The van der Waals surface area contributed by atoms with Gasteiger partial charge in [0.1, 0.15) is 11.6 Å². The third-order valence-electron chi connectivity index (χ3n) is 2.59. The second-order valence-electron chi connectivity index (χ2n) is 4.31. The van der Waals surface area contributed by atoms with Gasteiger partial charge in [-0.05, 0) is 30.2 Å². The molecule has 0 aliphatic carbocycles. The van der Waals surface area contributed by atoms with Crippen LogP contribution in [0.15, 0.2) is 30.3 Å². The monoisotopic (exact) mass is 246 g/mol. The van der Waals surface area contributed by atoms with Crippen LogP contribution in [0.5, 0.6) is 0 Å². The van der Waals surface area contributed by atoms with Crippen molar-refractivity contribution in [2.24, 2.45) is 5.84 Å². The molecule has 0 bridgehead atoms. The number of anilines is 1. The highest BCUT2D eigenvalue weighted by Crippen LogP contribution is 2.21. The number of hydrogen-bond acceptors (Lipinski definition) is 4. The first-order valence-electron chi connectivity index (χ1n) is 5.71. The van der Waals surface area contributed by atoms with Crippen molar-refractivity contribution < 1.29 is 4.39 Å². The van der Waals surface area contributed by atoms with Crippen molar-refractivity contribution in [3.05, 3.63) is 41.8 Å². The molecule has 0 amide bonds. The molecule has 0 radical (unpaired) electrons. The Bertz CT molecular complexity index is 537. The highest BCUT2D eigenvalue weighted by Gasteiger charge is 2.09. The number of benzene rings is 1. The first-order valence-corrected chi connectivity index (χ1v) is 5.71. The van der Waals surface area contributed by atoms with Gasteiger partial charge >= 0.3 is 0 Å². The number of hydrazine groups is 1. The quantitative estimate of drug-likeness (QED) is 0.645. The first-order chi connectivity index (χ1) is 8.60. The molecule has 0 atom stereocenters. The summed E-state index contributed by atoms with van der Waals surface area (Å²) in [7, 11) is 0. The summed E-state index contributed by atoms with van der Waals surface area (Å²) in [6.07, 6.45) is 0. The summed E-state index contributed by atoms with van der Waals surface area (Å²) in [6.45, 7) is 4.08. The average molecular weight is 246 g/mol. The molecule has 0 unspecified atom stereocenters. The van der Waals surface area contributed by atoms with Gasteiger partial charge in [-0.3, -0.25) is 0 Å². The number of nitrogens with one attached hydrogen (secondary N) is 1. The fourth-order valence-electron chi connectivity index (χ4n) is 1.56. The lowest BCUT2D eigenvalue weighted by Gasteiger charge is -2.09. The van der Waals surface area contributed by atoms with E-state index in [0.717, 1.165) is 11.3 Å². The molecule has 0 saturated heterocycles. The molecule has 4 nitrogen and oxygen atoms in total. The molecule has 94 valence electrons. The maximum Gasteiger partial charge on any atom is 0.161 e. The fourth-order valence-corrected chi connectivity index (χ4v) is 1.56. The van der Waals surface area contributed by atoms with Crippen molar-refractivity contribution in [1.29, 1.82) is 0 Å². The van der Waals surface area contributed by atoms with E-state index in [1.165, 1.54) is 12.1 Å². The van der Waals surface area contributed by atoms with E-state index < -0.39 is 0 Å². The Kier molecular flexibility index (Phi) is 3.53. The van der Waals surface area contributed by atoms with Gasteiger partial charge in [-0.15, -0.1) is 0 Å². The van der Waals surface area contributed by atoms with E-state index in [4.69, 9.17) is 5.84 Å². The van der Waals surface area contributed by atoms with Gasteiger partial charge in [0.15, 0.2) is 5.82 Å². The number of halogens is 1. The molecule has 5 heteroatoms. The van der Waals surface area contributed by atoms with E-state index >= 15 is 0 Å². The van der Waals surface area contributed by atoms with Crippen LogP contribution in [-0.2, 0) is 0 Å². The largest absolute Gasteiger partial charge is 0.308 e. The predicted molar refractivity (Wildman–Crippen MR) is 69.3 cm³/mol. The van der Waals surface area contributed by atoms with E-state index in [0.29, 0.717) is 11.6 Å². The van der Waals surface area contributed by atoms with Crippen molar-refractivity contribution in [1.82, 2.24) is 9.97 Å². The fraction of sp³-hybridized carbons (Fsp3) is 0.231. The number of nitrogen functional groups attached to an aromatic ring is 1. The van der Waals surface area contributed by atoms with Crippen molar-refractivity contribution >= 4 is 5.82 Å². The molecule has 2 aromatic rings. The molecule has 18 heavy (non-hydrogen) atoms. The third-order valence-corrected chi connectivity index (χ3v) is 2.59. The Labute approximate surface area is 105 Å². The van der Waals surface area contributed by atoms with Gasteiger partial charge in [0.25, 0.3) is 0 Å². The molecule has 0 fully saturated rings. The summed E-state index contributed by atoms with van der Waals surface area (Å²) in [6, 6.07) is 7.87. The predicted octanol–water partition coefficient (Wildman–Crippen LogP) is 2.69. The van der Waals surface area contributed by atoms with Crippen molar-refractivity contribution in [2.75, 3.05) is 5.43 Å². The summed E-state index contributed by atoms with van der Waals surface area (Å²) in [5.41, 5.74) is 4.16. The third kappa shape index (κ3) is 2.62. The minimum Gasteiger partial charge on any atom is -0.308 e. The number of rotatable bonds is 3. The molecule has 0 saturated carbocycles. The summed E-state index contributed by atoms with van der Waals surface area (Å²) >= 11 is 0. The standard InChI is InChI=1S/C13H15FN4/c1-8(2)11-7-12(18-15)17-13(16-11)9-3-5-10(14)6-4-9/h3-8H,15H2,1-2H3,(H,16,17,18). The number of hydrogen-bond donors (Lipinski definition) is 2. The number of aromatic nitrogens is 2. The molecular formula is C13H15FN4. The summed E-state index contributed by atoms with van der Waals surface area (Å²) in [5.74, 6) is 6.46. The summed E-state index contributed by atoms with van der Waals surface area (Å²) < 4.78 is 12.9. The van der Waals surface area contributed by atoms with Crippen molar-refractivity contribution in [2.45, 2.75) is 19.8 Å². The minimum atomic E-state index is -0.282. The second kappa shape index (κ2) is 5.10. The normalized spacial score (nSPS) is 10.7. The zero-order valence-electron chi connectivity index (χ0n) is 10.3. The van der Waals surface area contributed by atoms with Gasteiger partial charge in [-0.2, -0.15) is 0 Å². The first kappa shape index (κ1) is 12.4. The van der Waals surface area contributed by atoms with Crippen LogP contribution >= 0.6 is 0 Å².